The third-order valence-electron chi connectivity index (χ3n) is 12.7. The molecule has 2 saturated heterocycles. The minimum atomic E-state index is -5.23. The highest BCUT2D eigenvalue weighted by Gasteiger charge is 2.55. The van der Waals surface area contributed by atoms with Gasteiger partial charge in [0.25, 0.3) is 11.1 Å². The molecule has 0 radical (unpaired) electrons. The number of phosphoric acid groups is 1. The van der Waals surface area contributed by atoms with Crippen molar-refractivity contribution in [1.29, 1.82) is 5.26 Å². The number of nitriles is 1. The highest BCUT2D eigenvalue weighted by atomic mass is 31.2. The molecule has 80 heavy (non-hydrogen) atoms. The number of rotatable bonds is 25. The molecule has 5 aromatic rings. The van der Waals surface area contributed by atoms with E-state index >= 15 is 4.57 Å². The summed E-state index contributed by atoms with van der Waals surface area (Å²) in [5.41, 5.74) is -3.38. The Bertz CT molecular complexity index is 3260. The molecular weight excluding hydrogens is 1070 g/mol. The van der Waals surface area contributed by atoms with Gasteiger partial charge >= 0.3 is 43.1 Å². The molecule has 0 bridgehead atoms. The topological polar surface area (TPSA) is 330 Å². The summed E-state index contributed by atoms with van der Waals surface area (Å²) >= 11 is 0. The fourth-order valence-corrected chi connectivity index (χ4v) is 10.8. The first-order chi connectivity index (χ1) is 38.3. The quantitative estimate of drug-likeness (QED) is 0.0276. The number of hydrogen-bond donors (Lipinski definition) is 2. The van der Waals surface area contributed by atoms with E-state index in [0.29, 0.717) is 28.2 Å². The summed E-state index contributed by atoms with van der Waals surface area (Å²) < 4.78 is 89.2. The fraction of sp³-hybridized carbons (Fsp3) is 0.415. The van der Waals surface area contributed by atoms with Gasteiger partial charge in [-0.2, -0.15) is 5.26 Å². The van der Waals surface area contributed by atoms with Crippen LogP contribution in [0.25, 0.3) is 0 Å². The Hall–Kier alpha value is -8.02. The third kappa shape index (κ3) is 14.4. The standard InChI is InChI=1S/C53H58N5O21P/c1-31(59)70-28-40(74-32(2)60)27-41-46(79-80(67,72-26-10-23-54)73-30-43-47(75-33(3)61)48(76-34(4)62)50(78-43)58-25-22-45(64)56-52(58)66)42(77-49(41)57-24-21-44(63)55-51(57)65)29-71-53(35-11-8-7-9-12-35,36-13-17-38(68-5)18-14-36)37-15-19-39(69-6)20-16-37/h7-9,11-22,24-25,40-43,46-50H,10,26-30H2,1-6H3,(H,55,63,65)(H,56,64,66)/t40?,41-,42-,43-,46+,47-,48-,49-,50-,80?/m1/s1. The van der Waals surface area contributed by atoms with E-state index in [9.17, 15) is 43.6 Å². The van der Waals surface area contributed by atoms with Gasteiger partial charge in [-0.25, -0.2) is 14.2 Å². The summed E-state index contributed by atoms with van der Waals surface area (Å²) in [6.07, 6.45) is -10.9. The second-order valence-electron chi connectivity index (χ2n) is 18.1. The molecule has 2 aliphatic heterocycles. The first-order valence-electron chi connectivity index (χ1n) is 24.8. The zero-order valence-corrected chi connectivity index (χ0v) is 45.0. The maximum atomic E-state index is 15.6. The number of nitrogens with zero attached hydrogens (tertiary/aromatic N) is 3. The van der Waals surface area contributed by atoms with E-state index in [4.69, 9.17) is 56.2 Å². The highest BCUT2D eigenvalue weighted by molar-refractivity contribution is 7.48. The van der Waals surface area contributed by atoms with Crippen molar-refractivity contribution in [1.82, 2.24) is 19.1 Å². The Balaban J connectivity index is 1.38. The summed E-state index contributed by atoms with van der Waals surface area (Å²) in [5.74, 6) is -3.68. The Morgan fingerprint density at radius 1 is 0.662 bits per heavy atom. The molecule has 0 spiro atoms. The average Bonchev–Trinajstić information content (AvgIpc) is 4.02. The predicted molar refractivity (Wildman–Crippen MR) is 275 cm³/mol. The van der Waals surface area contributed by atoms with Crippen LogP contribution in [-0.2, 0) is 76.1 Å². The van der Waals surface area contributed by atoms with Crippen molar-refractivity contribution in [3.63, 3.8) is 0 Å². The lowest BCUT2D eigenvalue weighted by Gasteiger charge is -2.37. The molecule has 4 heterocycles. The number of hydrogen-bond acceptors (Lipinski definition) is 22. The number of phosphoric ester groups is 1. The van der Waals surface area contributed by atoms with Gasteiger partial charge in [-0.15, -0.1) is 0 Å². The van der Waals surface area contributed by atoms with Crippen molar-refractivity contribution >= 4 is 31.7 Å². The van der Waals surface area contributed by atoms with Gasteiger partial charge < -0.3 is 42.6 Å². The minimum Gasteiger partial charge on any atom is -0.497 e. The third-order valence-corrected chi connectivity index (χ3v) is 14.2. The smallest absolute Gasteiger partial charge is 0.475 e. The number of aromatic nitrogens is 4. The van der Waals surface area contributed by atoms with Crippen LogP contribution in [0.1, 0.15) is 69.7 Å². The molecule has 2 aliphatic rings. The minimum absolute atomic E-state index is 0.384. The van der Waals surface area contributed by atoms with Crippen LogP contribution in [0.2, 0.25) is 0 Å². The Labute approximate surface area is 455 Å². The lowest BCUT2D eigenvalue weighted by molar-refractivity contribution is -0.165. The number of aromatic amines is 2. The van der Waals surface area contributed by atoms with Gasteiger partial charge in [0.2, 0.25) is 0 Å². The Morgan fingerprint density at radius 3 is 1.70 bits per heavy atom. The molecule has 2 aromatic heterocycles. The average molecular weight is 1130 g/mol. The van der Waals surface area contributed by atoms with Crippen LogP contribution in [-0.4, -0.2) is 120 Å². The van der Waals surface area contributed by atoms with Crippen molar-refractivity contribution in [2.24, 2.45) is 5.92 Å². The molecule has 0 saturated carbocycles. The zero-order valence-electron chi connectivity index (χ0n) is 44.1. The molecule has 7 rings (SSSR count). The summed E-state index contributed by atoms with van der Waals surface area (Å²) in [6, 6.07) is 27.0. The van der Waals surface area contributed by atoms with Gasteiger partial charge in [-0.3, -0.25) is 61.4 Å². The molecule has 2 fully saturated rings. The second-order valence-corrected chi connectivity index (χ2v) is 19.7. The highest BCUT2D eigenvalue weighted by Crippen LogP contribution is 2.56. The molecule has 27 heteroatoms. The SMILES string of the molecule is COc1ccc(C(OC[C@H]2O[C@@H](n3ccc(=O)[nH]c3=O)[C@H](CC(COC(C)=O)OC(C)=O)[C@@H]2OP(=O)(OCCC#N)OC[C@H]2O[C@@H](n3ccc(=O)[nH]c3=O)[C@H](OC(C)=O)[C@@H]2OC(C)=O)(c2ccccc2)c2ccc(OC)cc2)cc1. The normalized spacial score (nSPS) is 21.8. The van der Waals surface area contributed by atoms with Crippen LogP contribution in [0.15, 0.2) is 123 Å². The van der Waals surface area contributed by atoms with Crippen LogP contribution < -0.4 is 32.0 Å². The largest absolute Gasteiger partial charge is 0.497 e. The van der Waals surface area contributed by atoms with Crippen LogP contribution >= 0.6 is 7.82 Å². The maximum Gasteiger partial charge on any atom is 0.475 e. The summed E-state index contributed by atoms with van der Waals surface area (Å²) in [5, 5.41) is 9.64. The van der Waals surface area contributed by atoms with Crippen molar-refractivity contribution in [3.05, 3.63) is 162 Å². The van der Waals surface area contributed by atoms with Crippen LogP contribution in [0.3, 0.4) is 0 Å². The van der Waals surface area contributed by atoms with E-state index in [0.717, 1.165) is 61.4 Å². The predicted octanol–water partition coefficient (Wildman–Crippen LogP) is 3.71. The van der Waals surface area contributed by atoms with E-state index < -0.39 is 148 Å². The van der Waals surface area contributed by atoms with E-state index in [1.807, 2.05) is 24.3 Å². The number of methoxy groups -OCH3 is 2. The Morgan fingerprint density at radius 2 is 1.19 bits per heavy atom. The van der Waals surface area contributed by atoms with E-state index in [1.54, 1.807) is 60.7 Å². The van der Waals surface area contributed by atoms with Gasteiger partial charge in [-0.05, 0) is 47.4 Å². The van der Waals surface area contributed by atoms with Gasteiger partial charge in [0.1, 0.15) is 54.4 Å². The number of H-pyrrole nitrogens is 2. The molecule has 3 aromatic carbocycles. The summed E-state index contributed by atoms with van der Waals surface area (Å²) in [6.45, 7) is 1.74. The number of carbonyl (C=O) groups is 4. The fourth-order valence-electron chi connectivity index (χ4n) is 9.37. The molecule has 10 atom stereocenters. The molecule has 0 amide bonds. The van der Waals surface area contributed by atoms with E-state index in [-0.39, 0.29) is 6.42 Å². The van der Waals surface area contributed by atoms with Gasteiger partial charge in [0, 0.05) is 58.1 Å². The first kappa shape index (κ1) is 59.6. The van der Waals surface area contributed by atoms with Crippen molar-refractivity contribution in [2.45, 2.75) is 95.2 Å². The number of esters is 4. The van der Waals surface area contributed by atoms with Crippen molar-refractivity contribution < 1.29 is 79.9 Å². The number of benzene rings is 3. The summed E-state index contributed by atoms with van der Waals surface area (Å²) in [4.78, 5) is 106. The molecule has 26 nitrogen and oxygen atoms in total. The molecule has 2 N–H and O–H groups in total. The first-order valence-corrected chi connectivity index (χ1v) is 26.3. The Kier molecular flexibility index (Phi) is 19.9. The van der Waals surface area contributed by atoms with Crippen molar-refractivity contribution in [3.8, 4) is 17.6 Å². The van der Waals surface area contributed by atoms with Gasteiger partial charge in [0.05, 0.1) is 46.5 Å². The van der Waals surface area contributed by atoms with Gasteiger partial charge in [-0.1, -0.05) is 54.6 Å². The lowest BCUT2D eigenvalue weighted by Crippen LogP contribution is -2.42. The molecule has 2 unspecified atom stereocenters. The zero-order chi connectivity index (χ0) is 57.7. The number of nitrogens with one attached hydrogen (secondary N) is 2. The summed E-state index contributed by atoms with van der Waals surface area (Å²) in [7, 11) is -2.22. The molecular formula is C53H58N5O21P. The molecule has 0 aliphatic carbocycles. The number of ether oxygens (including phenoxy) is 9. The maximum absolute atomic E-state index is 15.6. The monoisotopic (exact) mass is 1130 g/mol. The van der Waals surface area contributed by atoms with Crippen molar-refractivity contribution in [2.75, 3.05) is 40.6 Å². The van der Waals surface area contributed by atoms with Crippen LogP contribution in [0.5, 0.6) is 11.5 Å². The van der Waals surface area contributed by atoms with E-state index in [1.165, 1.54) is 14.2 Å². The van der Waals surface area contributed by atoms with Crippen LogP contribution in [0, 0.1) is 17.2 Å². The van der Waals surface area contributed by atoms with E-state index in [2.05, 4.69) is 9.97 Å². The molecule has 426 valence electrons. The van der Waals surface area contributed by atoms with Crippen LogP contribution in [0.4, 0.5) is 0 Å². The van der Waals surface area contributed by atoms with Gasteiger partial charge in [0.15, 0.2) is 18.4 Å². The lowest BCUT2D eigenvalue weighted by atomic mass is 9.80. The number of carbonyl (C=O) groups excluding carboxylic acids is 4. The second kappa shape index (κ2) is 26.8.